The molecule has 1 aliphatic rings. The predicted molar refractivity (Wildman–Crippen MR) is 118 cm³/mol. The average Bonchev–Trinajstić information content (AvgIpc) is 3.22. The van der Waals surface area contributed by atoms with Gasteiger partial charge in [0.15, 0.2) is 6.04 Å². The second kappa shape index (κ2) is 8.68. The lowest BCUT2D eigenvalue weighted by Crippen LogP contribution is -3.12. The molecule has 0 saturated heterocycles. The first kappa shape index (κ1) is 20.7. The van der Waals surface area contributed by atoms with E-state index in [-0.39, 0.29) is 11.6 Å². The van der Waals surface area contributed by atoms with Crippen molar-refractivity contribution in [2.24, 2.45) is 0 Å². The smallest absolute Gasteiger partial charge is 0.258 e. The van der Waals surface area contributed by atoms with Gasteiger partial charge in [-0.3, -0.25) is 4.79 Å². The molecular weight excluding hydrogens is 376 g/mol. The van der Waals surface area contributed by atoms with Crippen molar-refractivity contribution in [2.45, 2.75) is 71.9 Å². The van der Waals surface area contributed by atoms with Crippen LogP contribution in [0.25, 0.3) is 10.9 Å². The number of pyridine rings is 1. The van der Waals surface area contributed by atoms with Gasteiger partial charge in [0.05, 0.1) is 30.2 Å². The molecule has 3 aromatic rings. The van der Waals surface area contributed by atoms with Crippen LogP contribution in [0.3, 0.4) is 0 Å². The van der Waals surface area contributed by atoms with Crippen molar-refractivity contribution in [3.05, 3.63) is 51.1 Å². The van der Waals surface area contributed by atoms with Crippen molar-refractivity contribution in [1.29, 1.82) is 0 Å². The van der Waals surface area contributed by atoms with Gasteiger partial charge < -0.3 is 9.88 Å². The van der Waals surface area contributed by atoms with E-state index in [2.05, 4.69) is 59.5 Å². The van der Waals surface area contributed by atoms with Gasteiger partial charge in [-0.25, -0.2) is 4.68 Å². The van der Waals surface area contributed by atoms with Crippen molar-refractivity contribution in [1.82, 2.24) is 25.2 Å². The highest BCUT2D eigenvalue weighted by Gasteiger charge is 2.34. The zero-order valence-electron chi connectivity index (χ0n) is 18.5. The molecule has 1 aliphatic carbocycles. The van der Waals surface area contributed by atoms with E-state index in [1.807, 2.05) is 11.6 Å². The second-order valence-corrected chi connectivity index (χ2v) is 8.67. The van der Waals surface area contributed by atoms with Gasteiger partial charge in [0.2, 0.25) is 5.82 Å². The number of quaternary nitrogens is 1. The number of benzene rings is 1. The van der Waals surface area contributed by atoms with E-state index >= 15 is 0 Å². The fraction of sp³-hybridized carbons (Fsp3) is 0.565. The number of aryl methyl sites for hydroxylation is 2. The van der Waals surface area contributed by atoms with Gasteiger partial charge in [0.1, 0.15) is 0 Å². The first-order valence-electron chi connectivity index (χ1n) is 11.3. The molecule has 1 saturated carbocycles. The Kier molecular flexibility index (Phi) is 5.99. The molecule has 30 heavy (non-hydrogen) atoms. The first-order valence-corrected chi connectivity index (χ1v) is 11.3. The van der Waals surface area contributed by atoms with Gasteiger partial charge in [-0.15, -0.1) is 5.10 Å². The van der Waals surface area contributed by atoms with E-state index < -0.39 is 0 Å². The van der Waals surface area contributed by atoms with E-state index in [1.54, 1.807) is 0 Å². The van der Waals surface area contributed by atoms with E-state index in [9.17, 15) is 4.79 Å². The summed E-state index contributed by atoms with van der Waals surface area (Å²) in [5, 5.41) is 14.0. The topological polar surface area (TPSA) is 80.9 Å². The molecule has 1 atom stereocenters. The van der Waals surface area contributed by atoms with Gasteiger partial charge in [0, 0.05) is 0 Å². The van der Waals surface area contributed by atoms with Crippen LogP contribution in [0.1, 0.15) is 80.6 Å². The van der Waals surface area contributed by atoms with Crippen LogP contribution in [0.4, 0.5) is 0 Å². The van der Waals surface area contributed by atoms with Crippen molar-refractivity contribution in [3.63, 3.8) is 0 Å². The van der Waals surface area contributed by atoms with Crippen LogP contribution in [0.2, 0.25) is 0 Å². The third-order valence-electron chi connectivity index (χ3n) is 6.65. The number of aromatic amines is 1. The van der Waals surface area contributed by atoms with Crippen LogP contribution in [0.5, 0.6) is 0 Å². The maximum Gasteiger partial charge on any atom is 0.258 e. The molecule has 0 aliphatic heterocycles. The molecule has 1 aromatic carbocycles. The monoisotopic (exact) mass is 409 g/mol. The van der Waals surface area contributed by atoms with Crippen molar-refractivity contribution in [2.75, 3.05) is 13.1 Å². The van der Waals surface area contributed by atoms with Gasteiger partial charge in [-0.2, -0.15) is 0 Å². The van der Waals surface area contributed by atoms with E-state index in [4.69, 9.17) is 0 Å². The Morgan fingerprint density at radius 3 is 2.57 bits per heavy atom. The third kappa shape index (κ3) is 3.78. The molecule has 2 N–H and O–H groups in total. The summed E-state index contributed by atoms with van der Waals surface area (Å²) in [5.74, 6) is 0.815. The molecule has 0 spiro atoms. The van der Waals surface area contributed by atoms with Crippen molar-refractivity contribution >= 4 is 10.9 Å². The Labute approximate surface area is 177 Å². The van der Waals surface area contributed by atoms with Gasteiger partial charge in [-0.1, -0.05) is 30.9 Å². The molecule has 1 fully saturated rings. The summed E-state index contributed by atoms with van der Waals surface area (Å²) in [6, 6.07) is 6.44. The normalized spacial score (nSPS) is 16.4. The molecule has 2 aromatic heterocycles. The predicted octanol–water partition coefficient (Wildman–Crippen LogP) is 2.65. The molecule has 4 rings (SSSR count). The van der Waals surface area contributed by atoms with Crippen LogP contribution in [0.15, 0.2) is 23.0 Å². The fourth-order valence-electron chi connectivity index (χ4n) is 5.09. The quantitative estimate of drug-likeness (QED) is 0.656. The Bertz CT molecular complexity index is 1070. The first-order chi connectivity index (χ1) is 14.5. The molecule has 0 bridgehead atoms. The number of hydrogen-bond donors (Lipinski definition) is 2. The molecule has 0 unspecified atom stereocenters. The van der Waals surface area contributed by atoms with E-state index in [0.29, 0.717) is 6.04 Å². The lowest BCUT2D eigenvalue weighted by atomic mass is 9.95. The summed E-state index contributed by atoms with van der Waals surface area (Å²) in [6.07, 6.45) is 5.90. The zero-order chi connectivity index (χ0) is 21.3. The number of rotatable bonds is 6. The molecule has 0 amide bonds. The van der Waals surface area contributed by atoms with Gasteiger partial charge >= 0.3 is 0 Å². The summed E-state index contributed by atoms with van der Waals surface area (Å²) >= 11 is 0. The van der Waals surface area contributed by atoms with Crippen molar-refractivity contribution < 1.29 is 4.90 Å². The fourth-order valence-corrected chi connectivity index (χ4v) is 5.09. The highest BCUT2D eigenvalue weighted by Crippen LogP contribution is 2.30. The Morgan fingerprint density at radius 1 is 1.13 bits per heavy atom. The van der Waals surface area contributed by atoms with E-state index in [0.717, 1.165) is 53.8 Å². The molecule has 160 valence electrons. The average molecular weight is 410 g/mol. The number of nitrogens with one attached hydrogen (secondary N) is 2. The lowest BCUT2D eigenvalue weighted by Gasteiger charge is -2.28. The maximum absolute atomic E-state index is 13.3. The SMILES string of the molecule is CC[NH+](CC)[C@@H](c1cc2cc(C)cc(C)c2[nH]c1=O)c1nnnn1C1CCCCC1. The van der Waals surface area contributed by atoms with Crippen LogP contribution < -0.4 is 10.5 Å². The Morgan fingerprint density at radius 2 is 1.87 bits per heavy atom. The summed E-state index contributed by atoms with van der Waals surface area (Å²) in [6.45, 7) is 10.2. The number of nitrogens with zero attached hydrogens (tertiary/aromatic N) is 4. The summed E-state index contributed by atoms with van der Waals surface area (Å²) in [7, 11) is 0. The van der Waals surface area contributed by atoms with Crippen LogP contribution >= 0.6 is 0 Å². The summed E-state index contributed by atoms with van der Waals surface area (Å²) in [4.78, 5) is 17.7. The Balaban J connectivity index is 1.88. The minimum atomic E-state index is -0.189. The number of aromatic nitrogens is 5. The van der Waals surface area contributed by atoms with E-state index in [1.165, 1.54) is 29.7 Å². The number of fused-ring (bicyclic) bond motifs is 1. The highest BCUT2D eigenvalue weighted by molar-refractivity contribution is 5.83. The number of H-pyrrole nitrogens is 1. The number of hydrogen-bond acceptors (Lipinski definition) is 4. The molecule has 0 radical (unpaired) electrons. The molecule has 7 nitrogen and oxygen atoms in total. The second-order valence-electron chi connectivity index (χ2n) is 8.67. The maximum atomic E-state index is 13.3. The summed E-state index contributed by atoms with van der Waals surface area (Å²) < 4.78 is 2.01. The van der Waals surface area contributed by atoms with Crippen LogP contribution in [0, 0.1) is 13.8 Å². The molecule has 2 heterocycles. The minimum Gasteiger partial charge on any atom is -0.323 e. The van der Waals surface area contributed by atoms with Crippen LogP contribution in [-0.2, 0) is 0 Å². The standard InChI is InChI=1S/C23H32N6O/c1-5-28(6-2)21(22-25-26-27-29(22)18-10-8-7-9-11-18)19-14-17-13-15(3)12-16(4)20(17)24-23(19)30/h12-14,18,21H,5-11H2,1-4H3,(H,24,30)/p+1/t21-/m0/s1. The van der Waals surface area contributed by atoms with Gasteiger partial charge in [0.25, 0.3) is 5.56 Å². The Hall–Kier alpha value is -2.54. The summed E-state index contributed by atoms with van der Waals surface area (Å²) in [5.41, 5.74) is 3.90. The molecule has 7 heteroatoms. The molecular formula is C23H33N6O+. The zero-order valence-corrected chi connectivity index (χ0v) is 18.5. The van der Waals surface area contributed by atoms with Crippen molar-refractivity contribution in [3.8, 4) is 0 Å². The lowest BCUT2D eigenvalue weighted by molar-refractivity contribution is -0.923. The highest BCUT2D eigenvalue weighted by atomic mass is 16.1. The third-order valence-corrected chi connectivity index (χ3v) is 6.65. The largest absolute Gasteiger partial charge is 0.323 e. The van der Waals surface area contributed by atoms with Crippen LogP contribution in [-0.4, -0.2) is 38.3 Å². The minimum absolute atomic E-state index is 0.0444. The van der Waals surface area contributed by atoms with Gasteiger partial charge in [-0.05, 0) is 74.0 Å². The number of tetrazole rings is 1.